The van der Waals surface area contributed by atoms with Gasteiger partial charge in [-0.2, -0.15) is 0 Å². The number of hydrogen-bond acceptors (Lipinski definition) is 2. The summed E-state index contributed by atoms with van der Waals surface area (Å²) in [6.45, 7) is 1.85. The second-order valence-corrected chi connectivity index (χ2v) is 4.71. The van der Waals surface area contributed by atoms with Gasteiger partial charge >= 0.3 is 0 Å². The van der Waals surface area contributed by atoms with Crippen LogP contribution in [0.2, 0.25) is 0 Å². The topological polar surface area (TPSA) is 32.3 Å². The van der Waals surface area contributed by atoms with Gasteiger partial charge in [-0.25, -0.2) is 0 Å². The quantitative estimate of drug-likeness (QED) is 0.695. The summed E-state index contributed by atoms with van der Waals surface area (Å²) in [5.41, 5.74) is 0. The Kier molecular flexibility index (Phi) is 3.23. The Morgan fingerprint density at radius 3 is 2.46 bits per heavy atom. The van der Waals surface area contributed by atoms with Crippen molar-refractivity contribution in [1.29, 1.82) is 0 Å². The summed E-state index contributed by atoms with van der Waals surface area (Å²) in [4.78, 5) is 0. The van der Waals surface area contributed by atoms with Crippen LogP contribution in [0.15, 0.2) is 0 Å². The monoisotopic (exact) mass is 183 g/mol. The number of aliphatic hydroxyl groups is 1. The lowest BCUT2D eigenvalue weighted by Gasteiger charge is -2.15. The molecule has 0 bridgehead atoms. The summed E-state index contributed by atoms with van der Waals surface area (Å²) in [5.74, 6) is 1.52. The van der Waals surface area contributed by atoms with E-state index in [1.807, 2.05) is 0 Å². The zero-order chi connectivity index (χ0) is 9.10. The Hall–Kier alpha value is -0.0800. The first kappa shape index (κ1) is 9.47. The fraction of sp³-hybridized carbons (Fsp3) is 1.00. The van der Waals surface area contributed by atoms with Crippen LogP contribution in [0.1, 0.15) is 38.5 Å². The molecule has 2 atom stereocenters. The van der Waals surface area contributed by atoms with Gasteiger partial charge in [0.1, 0.15) is 0 Å². The van der Waals surface area contributed by atoms with Gasteiger partial charge in [0.2, 0.25) is 0 Å². The van der Waals surface area contributed by atoms with Crippen LogP contribution >= 0.6 is 0 Å². The molecule has 1 aliphatic heterocycles. The summed E-state index contributed by atoms with van der Waals surface area (Å²) >= 11 is 0. The second-order valence-electron chi connectivity index (χ2n) is 4.71. The molecule has 1 saturated carbocycles. The van der Waals surface area contributed by atoms with Crippen molar-refractivity contribution in [2.24, 2.45) is 11.8 Å². The number of hydrogen-bond donors (Lipinski definition) is 2. The van der Waals surface area contributed by atoms with Crippen molar-refractivity contribution >= 4 is 0 Å². The van der Waals surface area contributed by atoms with Gasteiger partial charge in [-0.1, -0.05) is 32.1 Å². The SMILES string of the molecule is O[C@@H]1CNC[C@H]1CCC1CCCC1. The maximum atomic E-state index is 9.60. The van der Waals surface area contributed by atoms with Gasteiger partial charge < -0.3 is 10.4 Å². The van der Waals surface area contributed by atoms with Crippen LogP contribution < -0.4 is 5.32 Å². The number of nitrogens with one attached hydrogen (secondary N) is 1. The molecule has 13 heavy (non-hydrogen) atoms. The van der Waals surface area contributed by atoms with Crippen LogP contribution in [-0.4, -0.2) is 24.3 Å². The van der Waals surface area contributed by atoms with Crippen LogP contribution in [-0.2, 0) is 0 Å². The molecule has 0 aromatic carbocycles. The lowest BCUT2D eigenvalue weighted by Crippen LogP contribution is -2.18. The average molecular weight is 183 g/mol. The van der Waals surface area contributed by atoms with Gasteiger partial charge in [-0.15, -0.1) is 0 Å². The normalized spacial score (nSPS) is 35.8. The molecule has 2 nitrogen and oxygen atoms in total. The molecule has 1 aliphatic carbocycles. The van der Waals surface area contributed by atoms with Crippen LogP contribution in [0.3, 0.4) is 0 Å². The first-order valence-electron chi connectivity index (χ1n) is 5.75. The molecule has 76 valence electrons. The van der Waals surface area contributed by atoms with Crippen molar-refractivity contribution in [2.75, 3.05) is 13.1 Å². The van der Waals surface area contributed by atoms with Crippen LogP contribution in [0, 0.1) is 11.8 Å². The van der Waals surface area contributed by atoms with Gasteiger partial charge in [0.05, 0.1) is 6.10 Å². The minimum Gasteiger partial charge on any atom is -0.391 e. The summed E-state index contributed by atoms with van der Waals surface area (Å²) in [6.07, 6.45) is 8.28. The predicted octanol–water partition coefficient (Wildman–Crippen LogP) is 1.54. The highest BCUT2D eigenvalue weighted by atomic mass is 16.3. The second kappa shape index (κ2) is 4.43. The first-order valence-corrected chi connectivity index (χ1v) is 5.75. The van der Waals surface area contributed by atoms with E-state index >= 15 is 0 Å². The molecule has 0 aromatic rings. The highest BCUT2D eigenvalue weighted by molar-refractivity contribution is 4.81. The zero-order valence-corrected chi connectivity index (χ0v) is 8.34. The first-order chi connectivity index (χ1) is 6.36. The van der Waals surface area contributed by atoms with Crippen molar-refractivity contribution < 1.29 is 5.11 Å². The van der Waals surface area contributed by atoms with Crippen molar-refractivity contribution in [3.05, 3.63) is 0 Å². The van der Waals surface area contributed by atoms with Gasteiger partial charge in [-0.05, 0) is 18.3 Å². The third-order valence-electron chi connectivity index (χ3n) is 3.72. The molecule has 2 aliphatic rings. The van der Waals surface area contributed by atoms with E-state index in [0.29, 0.717) is 5.92 Å². The van der Waals surface area contributed by atoms with Gasteiger partial charge in [0.25, 0.3) is 0 Å². The van der Waals surface area contributed by atoms with Crippen molar-refractivity contribution in [3.63, 3.8) is 0 Å². The summed E-state index contributed by atoms with van der Waals surface area (Å²) in [6, 6.07) is 0. The fourth-order valence-corrected chi connectivity index (χ4v) is 2.76. The molecule has 0 radical (unpaired) electrons. The summed E-state index contributed by atoms with van der Waals surface area (Å²) in [7, 11) is 0. The van der Waals surface area contributed by atoms with Crippen LogP contribution in [0.4, 0.5) is 0 Å². The maximum Gasteiger partial charge on any atom is 0.0704 e. The molecular weight excluding hydrogens is 162 g/mol. The minimum atomic E-state index is -0.0681. The molecule has 2 heteroatoms. The van der Waals surface area contributed by atoms with E-state index < -0.39 is 0 Å². The van der Waals surface area contributed by atoms with E-state index in [-0.39, 0.29) is 6.10 Å². The molecule has 0 amide bonds. The lowest BCUT2D eigenvalue weighted by atomic mass is 9.93. The highest BCUT2D eigenvalue weighted by Gasteiger charge is 2.25. The van der Waals surface area contributed by atoms with E-state index in [1.54, 1.807) is 0 Å². The number of aliphatic hydroxyl groups excluding tert-OH is 1. The Labute approximate surface area is 80.7 Å². The van der Waals surface area contributed by atoms with Crippen molar-refractivity contribution in [2.45, 2.75) is 44.6 Å². The molecule has 0 aromatic heterocycles. The molecule has 2 N–H and O–H groups in total. The van der Waals surface area contributed by atoms with E-state index in [9.17, 15) is 5.11 Å². The zero-order valence-electron chi connectivity index (χ0n) is 8.34. The highest BCUT2D eigenvalue weighted by Crippen LogP contribution is 2.30. The van der Waals surface area contributed by atoms with E-state index in [1.165, 1.54) is 38.5 Å². The average Bonchev–Trinajstić information content (AvgIpc) is 2.72. The fourth-order valence-electron chi connectivity index (χ4n) is 2.76. The number of rotatable bonds is 3. The molecule has 2 fully saturated rings. The van der Waals surface area contributed by atoms with Gasteiger partial charge in [-0.3, -0.25) is 0 Å². The van der Waals surface area contributed by atoms with E-state index in [4.69, 9.17) is 0 Å². The largest absolute Gasteiger partial charge is 0.391 e. The van der Waals surface area contributed by atoms with E-state index in [0.717, 1.165) is 19.0 Å². The Morgan fingerprint density at radius 2 is 1.85 bits per heavy atom. The molecular formula is C11H21NO. The molecule has 1 heterocycles. The Bertz CT molecular complexity index is 154. The summed E-state index contributed by atoms with van der Waals surface area (Å²) in [5, 5.41) is 12.8. The van der Waals surface area contributed by atoms with Gasteiger partial charge in [0, 0.05) is 13.1 Å². The summed E-state index contributed by atoms with van der Waals surface area (Å²) < 4.78 is 0. The molecule has 2 rings (SSSR count). The van der Waals surface area contributed by atoms with Crippen molar-refractivity contribution in [3.8, 4) is 0 Å². The molecule has 0 spiro atoms. The maximum absolute atomic E-state index is 9.60. The standard InChI is InChI=1S/C11H21NO/c13-11-8-12-7-10(11)6-5-9-3-1-2-4-9/h9-13H,1-8H2/t10-,11-/m1/s1. The minimum absolute atomic E-state index is 0.0681. The molecule has 0 unspecified atom stereocenters. The van der Waals surface area contributed by atoms with E-state index in [2.05, 4.69) is 5.32 Å². The van der Waals surface area contributed by atoms with Crippen molar-refractivity contribution in [1.82, 2.24) is 5.32 Å². The predicted molar refractivity (Wildman–Crippen MR) is 53.6 cm³/mol. The third-order valence-corrected chi connectivity index (χ3v) is 3.72. The Balaban J connectivity index is 1.66. The third kappa shape index (κ3) is 2.44. The number of β-amino-alcohol motifs (C(OH)–C–C–N with tert-alkyl or cyclic N) is 1. The van der Waals surface area contributed by atoms with Crippen LogP contribution in [0.5, 0.6) is 0 Å². The Morgan fingerprint density at radius 1 is 1.08 bits per heavy atom. The van der Waals surface area contributed by atoms with Crippen LogP contribution in [0.25, 0.3) is 0 Å². The van der Waals surface area contributed by atoms with Gasteiger partial charge in [0.15, 0.2) is 0 Å². The smallest absolute Gasteiger partial charge is 0.0704 e. The molecule has 1 saturated heterocycles. The lowest BCUT2D eigenvalue weighted by molar-refractivity contribution is 0.138.